The number of Topliss-reactive ketones (excluding diaryl/α,β-unsaturated/α-hetero) is 1. The van der Waals surface area contributed by atoms with Gasteiger partial charge in [-0.2, -0.15) is 0 Å². The third-order valence-corrected chi connectivity index (χ3v) is 4.12. The number of ether oxygens (including phenoxy) is 1. The molecule has 0 amide bonds. The third kappa shape index (κ3) is 3.83. The Morgan fingerprint density at radius 2 is 1.95 bits per heavy atom. The molecule has 0 aliphatic heterocycles. The van der Waals surface area contributed by atoms with Gasteiger partial charge < -0.3 is 4.74 Å². The molecule has 0 radical (unpaired) electrons. The van der Waals surface area contributed by atoms with Gasteiger partial charge in [0.2, 0.25) is 0 Å². The molecule has 2 unspecified atom stereocenters. The van der Waals surface area contributed by atoms with Gasteiger partial charge >= 0.3 is 5.97 Å². The van der Waals surface area contributed by atoms with Crippen LogP contribution in [0.2, 0.25) is 5.02 Å². The monoisotopic (exact) mass is 294 g/mol. The Hall–Kier alpha value is -1.35. The number of rotatable bonds is 6. The average Bonchev–Trinajstić information content (AvgIpc) is 2.36. The van der Waals surface area contributed by atoms with E-state index in [9.17, 15) is 9.59 Å². The smallest absolute Gasteiger partial charge is 0.313 e. The van der Waals surface area contributed by atoms with E-state index in [-0.39, 0.29) is 18.1 Å². The highest BCUT2D eigenvalue weighted by atomic mass is 35.5. The van der Waals surface area contributed by atoms with Crippen LogP contribution < -0.4 is 0 Å². The molecule has 0 N–H and O–H groups in total. The van der Waals surface area contributed by atoms with Crippen LogP contribution in [0, 0.1) is 11.8 Å². The van der Waals surface area contributed by atoms with Crippen molar-refractivity contribution in [3.05, 3.63) is 34.9 Å². The summed E-state index contributed by atoms with van der Waals surface area (Å²) in [5.74, 6) is -0.0310. The predicted molar refractivity (Wildman–Crippen MR) is 77.6 cm³/mol. The van der Waals surface area contributed by atoms with Crippen LogP contribution in [-0.2, 0) is 20.7 Å². The highest BCUT2D eigenvalue weighted by Gasteiger charge is 2.36. The zero-order chi connectivity index (χ0) is 14.5. The normalized spacial score (nSPS) is 21.1. The molecule has 0 spiro atoms. The van der Waals surface area contributed by atoms with E-state index in [1.165, 1.54) is 5.56 Å². The molecule has 0 bridgehead atoms. The van der Waals surface area contributed by atoms with Crippen LogP contribution in [0.4, 0.5) is 0 Å². The van der Waals surface area contributed by atoms with Crippen LogP contribution in [0.5, 0.6) is 0 Å². The summed E-state index contributed by atoms with van der Waals surface area (Å²) in [7, 11) is 0. The second-order valence-corrected chi connectivity index (χ2v) is 5.66. The SMILES string of the molecule is CCOC(=O)CC(=O)C1CCC1Cc1ccc(Cl)cc1. The van der Waals surface area contributed by atoms with Gasteiger partial charge in [-0.25, -0.2) is 0 Å². The standard InChI is InChI=1S/C16H19ClO3/c1-2-20-16(19)10-15(18)14-8-5-12(14)9-11-3-6-13(17)7-4-11/h3-4,6-7,12,14H,2,5,8-10H2,1H3. The van der Waals surface area contributed by atoms with Crippen LogP contribution in [0.1, 0.15) is 31.7 Å². The second-order valence-electron chi connectivity index (χ2n) is 5.22. The molecule has 1 fully saturated rings. The summed E-state index contributed by atoms with van der Waals surface area (Å²) < 4.78 is 4.82. The minimum Gasteiger partial charge on any atom is -0.466 e. The first kappa shape index (κ1) is 15.0. The number of carbonyl (C=O) groups excluding carboxylic acids is 2. The molecular weight excluding hydrogens is 276 g/mol. The highest BCUT2D eigenvalue weighted by molar-refractivity contribution is 6.30. The van der Waals surface area contributed by atoms with E-state index in [0.29, 0.717) is 12.5 Å². The van der Waals surface area contributed by atoms with E-state index >= 15 is 0 Å². The van der Waals surface area contributed by atoms with E-state index in [1.807, 2.05) is 24.3 Å². The zero-order valence-electron chi connectivity index (χ0n) is 11.6. The molecule has 3 nitrogen and oxygen atoms in total. The lowest BCUT2D eigenvalue weighted by molar-refractivity contribution is -0.147. The van der Waals surface area contributed by atoms with Gasteiger partial charge in [0.15, 0.2) is 0 Å². The molecule has 1 aromatic rings. The minimum atomic E-state index is -0.408. The van der Waals surface area contributed by atoms with Crippen molar-refractivity contribution in [3.63, 3.8) is 0 Å². The summed E-state index contributed by atoms with van der Waals surface area (Å²) in [5.41, 5.74) is 1.19. The van der Waals surface area contributed by atoms with Crippen molar-refractivity contribution in [1.29, 1.82) is 0 Å². The van der Waals surface area contributed by atoms with Gasteiger partial charge in [0, 0.05) is 10.9 Å². The predicted octanol–water partition coefficient (Wildman–Crippen LogP) is 3.43. The molecule has 0 aromatic heterocycles. The summed E-state index contributed by atoms with van der Waals surface area (Å²) in [6.07, 6.45) is 2.71. The molecule has 1 aliphatic carbocycles. The number of benzene rings is 1. The van der Waals surface area contributed by atoms with E-state index in [1.54, 1.807) is 6.92 Å². The topological polar surface area (TPSA) is 43.4 Å². The van der Waals surface area contributed by atoms with Crippen molar-refractivity contribution in [2.24, 2.45) is 11.8 Å². The molecule has 0 heterocycles. The Balaban J connectivity index is 1.86. The summed E-state index contributed by atoms with van der Waals surface area (Å²) in [4.78, 5) is 23.4. The molecule has 1 saturated carbocycles. The van der Waals surface area contributed by atoms with Gasteiger partial charge in [0.1, 0.15) is 12.2 Å². The van der Waals surface area contributed by atoms with Crippen molar-refractivity contribution in [2.45, 2.75) is 32.6 Å². The second kappa shape index (κ2) is 6.89. The molecule has 4 heteroatoms. The van der Waals surface area contributed by atoms with Crippen LogP contribution >= 0.6 is 11.6 Å². The lowest BCUT2D eigenvalue weighted by Crippen LogP contribution is -2.35. The van der Waals surface area contributed by atoms with Gasteiger partial charge in [0.25, 0.3) is 0 Å². The van der Waals surface area contributed by atoms with E-state index < -0.39 is 5.97 Å². The van der Waals surface area contributed by atoms with Crippen LogP contribution in [0.15, 0.2) is 24.3 Å². The molecule has 108 valence electrons. The highest BCUT2D eigenvalue weighted by Crippen LogP contribution is 2.38. The number of hydrogen-bond acceptors (Lipinski definition) is 3. The van der Waals surface area contributed by atoms with Crippen molar-refractivity contribution >= 4 is 23.4 Å². The van der Waals surface area contributed by atoms with Crippen molar-refractivity contribution in [1.82, 2.24) is 0 Å². The maximum absolute atomic E-state index is 12.0. The molecule has 2 rings (SSSR count). The Morgan fingerprint density at radius 3 is 2.50 bits per heavy atom. The third-order valence-electron chi connectivity index (χ3n) is 3.87. The number of hydrogen-bond donors (Lipinski definition) is 0. The van der Waals surface area contributed by atoms with Crippen LogP contribution in [-0.4, -0.2) is 18.4 Å². The lowest BCUT2D eigenvalue weighted by Gasteiger charge is -2.35. The Morgan fingerprint density at radius 1 is 1.25 bits per heavy atom. The van der Waals surface area contributed by atoms with Crippen molar-refractivity contribution in [3.8, 4) is 0 Å². The Labute approximate surface area is 124 Å². The quantitative estimate of drug-likeness (QED) is 0.596. The van der Waals surface area contributed by atoms with Gasteiger partial charge in [0.05, 0.1) is 6.61 Å². The zero-order valence-corrected chi connectivity index (χ0v) is 12.4. The maximum Gasteiger partial charge on any atom is 0.313 e. The number of esters is 1. The minimum absolute atomic E-state index is 0.00934. The van der Waals surface area contributed by atoms with Crippen LogP contribution in [0.25, 0.3) is 0 Å². The van der Waals surface area contributed by atoms with Gasteiger partial charge in [-0.3, -0.25) is 9.59 Å². The first-order valence-corrected chi connectivity index (χ1v) is 7.40. The number of carbonyl (C=O) groups is 2. The van der Waals surface area contributed by atoms with E-state index in [2.05, 4.69) is 0 Å². The van der Waals surface area contributed by atoms with Gasteiger partial charge in [-0.1, -0.05) is 23.7 Å². The van der Waals surface area contributed by atoms with Gasteiger partial charge in [-0.15, -0.1) is 0 Å². The van der Waals surface area contributed by atoms with E-state index in [4.69, 9.17) is 16.3 Å². The molecular formula is C16H19ClO3. The summed E-state index contributed by atoms with van der Waals surface area (Å²) in [6.45, 7) is 2.07. The average molecular weight is 295 g/mol. The van der Waals surface area contributed by atoms with Crippen molar-refractivity contribution in [2.75, 3.05) is 6.61 Å². The fourth-order valence-corrected chi connectivity index (χ4v) is 2.77. The fourth-order valence-electron chi connectivity index (χ4n) is 2.65. The first-order chi connectivity index (χ1) is 9.60. The summed E-state index contributed by atoms with van der Waals surface area (Å²) in [5, 5.41) is 0.720. The van der Waals surface area contributed by atoms with Crippen molar-refractivity contribution < 1.29 is 14.3 Å². The number of halogens is 1. The Bertz CT molecular complexity index is 481. The summed E-state index contributed by atoms with van der Waals surface area (Å²) >= 11 is 5.86. The first-order valence-electron chi connectivity index (χ1n) is 7.03. The molecule has 1 aliphatic rings. The molecule has 1 aromatic carbocycles. The largest absolute Gasteiger partial charge is 0.466 e. The molecule has 2 atom stereocenters. The molecule has 20 heavy (non-hydrogen) atoms. The van der Waals surface area contributed by atoms with E-state index in [0.717, 1.165) is 24.3 Å². The Kier molecular flexibility index (Phi) is 5.18. The number of ketones is 1. The van der Waals surface area contributed by atoms with Crippen LogP contribution in [0.3, 0.4) is 0 Å². The fraction of sp³-hybridized carbons (Fsp3) is 0.500. The molecule has 0 saturated heterocycles. The maximum atomic E-state index is 12.0. The van der Waals surface area contributed by atoms with Gasteiger partial charge in [-0.05, 0) is 49.8 Å². The lowest BCUT2D eigenvalue weighted by atomic mass is 9.68. The summed E-state index contributed by atoms with van der Waals surface area (Å²) in [6, 6.07) is 7.72.